The van der Waals surface area contributed by atoms with Gasteiger partial charge in [0.25, 0.3) is 0 Å². The maximum absolute atomic E-state index is 8.79. The standard InChI is InChI=1S/C11H10N4/c12-7-6-11(15-9-13-8-14-15)10-4-2-1-3-5-10/h1-5,8-9,11H,6H2. The van der Waals surface area contributed by atoms with E-state index < -0.39 is 0 Å². The summed E-state index contributed by atoms with van der Waals surface area (Å²) in [5.41, 5.74) is 1.07. The lowest BCUT2D eigenvalue weighted by Gasteiger charge is -2.13. The van der Waals surface area contributed by atoms with E-state index in [1.807, 2.05) is 30.3 Å². The van der Waals surface area contributed by atoms with Crippen LogP contribution >= 0.6 is 0 Å². The number of benzene rings is 1. The van der Waals surface area contributed by atoms with Crippen molar-refractivity contribution in [3.05, 3.63) is 48.5 Å². The Balaban J connectivity index is 2.33. The van der Waals surface area contributed by atoms with Crippen LogP contribution in [0.15, 0.2) is 43.0 Å². The van der Waals surface area contributed by atoms with Crippen LogP contribution in [-0.4, -0.2) is 14.8 Å². The summed E-state index contributed by atoms with van der Waals surface area (Å²) >= 11 is 0. The highest BCUT2D eigenvalue weighted by Gasteiger charge is 2.12. The molecule has 15 heavy (non-hydrogen) atoms. The van der Waals surface area contributed by atoms with E-state index >= 15 is 0 Å². The lowest BCUT2D eigenvalue weighted by molar-refractivity contribution is 0.531. The molecular formula is C11H10N4. The molecule has 0 aliphatic carbocycles. The van der Waals surface area contributed by atoms with Crippen molar-refractivity contribution >= 4 is 0 Å². The molecule has 0 radical (unpaired) electrons. The van der Waals surface area contributed by atoms with Crippen molar-refractivity contribution in [1.82, 2.24) is 14.8 Å². The van der Waals surface area contributed by atoms with Crippen molar-refractivity contribution < 1.29 is 0 Å². The third-order valence-corrected chi connectivity index (χ3v) is 2.22. The van der Waals surface area contributed by atoms with Gasteiger partial charge in [0.15, 0.2) is 0 Å². The molecule has 4 heteroatoms. The molecule has 0 saturated carbocycles. The largest absolute Gasteiger partial charge is 0.244 e. The lowest BCUT2D eigenvalue weighted by Crippen LogP contribution is -2.10. The molecule has 0 N–H and O–H groups in total. The van der Waals surface area contributed by atoms with Crippen LogP contribution in [0.25, 0.3) is 0 Å². The number of hydrogen-bond donors (Lipinski definition) is 0. The Labute approximate surface area is 87.8 Å². The molecule has 0 spiro atoms. The van der Waals surface area contributed by atoms with Gasteiger partial charge in [-0.15, -0.1) is 0 Å². The minimum Gasteiger partial charge on any atom is -0.244 e. The highest BCUT2D eigenvalue weighted by atomic mass is 15.3. The lowest BCUT2D eigenvalue weighted by atomic mass is 10.1. The van der Waals surface area contributed by atoms with Crippen LogP contribution in [-0.2, 0) is 0 Å². The van der Waals surface area contributed by atoms with Crippen LogP contribution in [0.2, 0.25) is 0 Å². The maximum Gasteiger partial charge on any atom is 0.137 e. The van der Waals surface area contributed by atoms with Gasteiger partial charge in [-0.3, -0.25) is 0 Å². The van der Waals surface area contributed by atoms with Crippen molar-refractivity contribution in [1.29, 1.82) is 5.26 Å². The van der Waals surface area contributed by atoms with Crippen molar-refractivity contribution in [2.75, 3.05) is 0 Å². The fourth-order valence-corrected chi connectivity index (χ4v) is 1.50. The topological polar surface area (TPSA) is 54.5 Å². The van der Waals surface area contributed by atoms with Crippen LogP contribution in [0.5, 0.6) is 0 Å². The molecule has 74 valence electrons. The predicted octanol–water partition coefficient (Wildman–Crippen LogP) is 1.78. The Morgan fingerprint density at radius 2 is 2.13 bits per heavy atom. The van der Waals surface area contributed by atoms with Gasteiger partial charge in [0.1, 0.15) is 12.7 Å². The zero-order chi connectivity index (χ0) is 10.5. The first-order chi connectivity index (χ1) is 7.42. The molecule has 0 amide bonds. The molecule has 1 unspecified atom stereocenters. The van der Waals surface area contributed by atoms with E-state index in [0.717, 1.165) is 5.56 Å². The van der Waals surface area contributed by atoms with Gasteiger partial charge in [-0.05, 0) is 5.56 Å². The van der Waals surface area contributed by atoms with Crippen LogP contribution < -0.4 is 0 Å². The maximum atomic E-state index is 8.79. The number of nitrogens with zero attached hydrogens (tertiary/aromatic N) is 4. The first-order valence-electron chi connectivity index (χ1n) is 4.68. The van der Waals surface area contributed by atoms with E-state index in [-0.39, 0.29) is 6.04 Å². The number of rotatable bonds is 3. The zero-order valence-corrected chi connectivity index (χ0v) is 8.11. The molecule has 0 fully saturated rings. The molecule has 4 nitrogen and oxygen atoms in total. The zero-order valence-electron chi connectivity index (χ0n) is 8.11. The van der Waals surface area contributed by atoms with E-state index in [9.17, 15) is 0 Å². The van der Waals surface area contributed by atoms with Gasteiger partial charge in [0.2, 0.25) is 0 Å². The van der Waals surface area contributed by atoms with E-state index in [1.54, 1.807) is 11.0 Å². The smallest absolute Gasteiger partial charge is 0.137 e. The second kappa shape index (κ2) is 4.38. The molecule has 2 rings (SSSR count). The molecule has 0 aliphatic heterocycles. The van der Waals surface area contributed by atoms with E-state index in [0.29, 0.717) is 6.42 Å². The summed E-state index contributed by atoms with van der Waals surface area (Å²) in [4.78, 5) is 3.89. The van der Waals surface area contributed by atoms with Gasteiger partial charge in [-0.2, -0.15) is 10.4 Å². The van der Waals surface area contributed by atoms with Crippen molar-refractivity contribution in [2.24, 2.45) is 0 Å². The van der Waals surface area contributed by atoms with Crippen molar-refractivity contribution in [3.63, 3.8) is 0 Å². The van der Waals surface area contributed by atoms with Gasteiger partial charge >= 0.3 is 0 Å². The summed E-state index contributed by atoms with van der Waals surface area (Å²) < 4.78 is 1.71. The average molecular weight is 198 g/mol. The predicted molar refractivity (Wildman–Crippen MR) is 54.8 cm³/mol. The minimum absolute atomic E-state index is 0.0429. The van der Waals surface area contributed by atoms with Crippen molar-refractivity contribution in [3.8, 4) is 6.07 Å². The summed E-state index contributed by atoms with van der Waals surface area (Å²) in [5.74, 6) is 0. The molecule has 2 aromatic rings. The molecule has 1 aromatic carbocycles. The Kier molecular flexibility index (Phi) is 2.75. The SMILES string of the molecule is N#CCC(c1ccccc1)n1cncn1. The number of nitriles is 1. The van der Waals surface area contributed by atoms with Crippen LogP contribution in [0, 0.1) is 11.3 Å². The molecule has 1 atom stereocenters. The second-order valence-corrected chi connectivity index (χ2v) is 3.16. The molecule has 0 bridgehead atoms. The van der Waals surface area contributed by atoms with E-state index in [4.69, 9.17) is 5.26 Å². The van der Waals surface area contributed by atoms with Gasteiger partial charge in [-0.25, -0.2) is 9.67 Å². The summed E-state index contributed by atoms with van der Waals surface area (Å²) in [5, 5.41) is 12.9. The minimum atomic E-state index is -0.0429. The normalized spacial score (nSPS) is 11.9. The van der Waals surface area contributed by atoms with Gasteiger partial charge < -0.3 is 0 Å². The number of aromatic nitrogens is 3. The van der Waals surface area contributed by atoms with Crippen molar-refractivity contribution in [2.45, 2.75) is 12.5 Å². The third-order valence-electron chi connectivity index (χ3n) is 2.22. The van der Waals surface area contributed by atoms with Gasteiger partial charge in [-0.1, -0.05) is 30.3 Å². The van der Waals surface area contributed by atoms with Crippen LogP contribution in [0.4, 0.5) is 0 Å². The van der Waals surface area contributed by atoms with Crippen LogP contribution in [0.1, 0.15) is 18.0 Å². The van der Waals surface area contributed by atoms with Gasteiger partial charge in [0.05, 0.1) is 18.5 Å². The molecule has 1 heterocycles. The monoisotopic (exact) mass is 198 g/mol. The highest BCUT2D eigenvalue weighted by Crippen LogP contribution is 2.19. The Morgan fingerprint density at radius 3 is 2.73 bits per heavy atom. The van der Waals surface area contributed by atoms with E-state index in [1.165, 1.54) is 6.33 Å². The summed E-state index contributed by atoms with van der Waals surface area (Å²) in [6.07, 6.45) is 3.51. The summed E-state index contributed by atoms with van der Waals surface area (Å²) in [7, 11) is 0. The Hall–Kier alpha value is -2.15. The third kappa shape index (κ3) is 2.02. The first-order valence-corrected chi connectivity index (χ1v) is 4.68. The summed E-state index contributed by atoms with van der Waals surface area (Å²) in [6, 6.07) is 12.0. The summed E-state index contributed by atoms with van der Waals surface area (Å²) in [6.45, 7) is 0. The van der Waals surface area contributed by atoms with Crippen LogP contribution in [0.3, 0.4) is 0 Å². The van der Waals surface area contributed by atoms with Gasteiger partial charge in [0, 0.05) is 0 Å². The fourth-order valence-electron chi connectivity index (χ4n) is 1.50. The first kappa shape index (κ1) is 9.41. The molecule has 0 saturated heterocycles. The average Bonchev–Trinajstić information content (AvgIpc) is 2.80. The second-order valence-electron chi connectivity index (χ2n) is 3.16. The fraction of sp³-hybridized carbons (Fsp3) is 0.182. The molecule has 0 aliphatic rings. The number of hydrogen-bond acceptors (Lipinski definition) is 3. The quantitative estimate of drug-likeness (QED) is 0.755. The highest BCUT2D eigenvalue weighted by molar-refractivity contribution is 5.20. The molecule has 1 aromatic heterocycles. The van der Waals surface area contributed by atoms with E-state index in [2.05, 4.69) is 16.2 Å². The molecular weight excluding hydrogens is 188 g/mol. The Bertz CT molecular complexity index is 441. The Morgan fingerprint density at radius 1 is 1.33 bits per heavy atom.